The summed E-state index contributed by atoms with van der Waals surface area (Å²) in [5.41, 5.74) is 2.38. The van der Waals surface area contributed by atoms with E-state index in [0.29, 0.717) is 12.1 Å². The lowest BCUT2D eigenvalue weighted by atomic mass is 10.2. The molecule has 3 aromatic carbocycles. The first-order chi connectivity index (χ1) is 13.9. The number of nitrogens with one attached hydrogen (secondary N) is 1. The van der Waals surface area contributed by atoms with Gasteiger partial charge in [0.15, 0.2) is 4.90 Å². The molecule has 9 heteroatoms. The van der Waals surface area contributed by atoms with Crippen molar-refractivity contribution in [3.05, 3.63) is 94.8 Å². The number of nitrogens with zero attached hydrogens (tertiary/aromatic N) is 3. The molecule has 0 atom stereocenters. The highest BCUT2D eigenvalue weighted by molar-refractivity contribution is 7.92. The second kappa shape index (κ2) is 7.36. The number of nitro benzene ring substituents is 1. The molecule has 0 spiro atoms. The highest BCUT2D eigenvalue weighted by atomic mass is 32.2. The summed E-state index contributed by atoms with van der Waals surface area (Å²) >= 11 is 0. The van der Waals surface area contributed by atoms with E-state index < -0.39 is 20.6 Å². The molecule has 4 aromatic rings. The maximum absolute atomic E-state index is 12.7. The number of nitro groups is 1. The molecular weight excluding hydrogens is 392 g/mol. The average Bonchev–Trinajstić information content (AvgIpc) is 3.10. The van der Waals surface area contributed by atoms with Gasteiger partial charge in [-0.05, 0) is 29.8 Å². The van der Waals surface area contributed by atoms with Crippen LogP contribution in [0.25, 0.3) is 11.0 Å². The van der Waals surface area contributed by atoms with Crippen LogP contribution in [0.3, 0.4) is 0 Å². The molecule has 1 aromatic heterocycles. The number of rotatable bonds is 6. The molecule has 4 rings (SSSR count). The Morgan fingerprint density at radius 2 is 1.72 bits per heavy atom. The van der Waals surface area contributed by atoms with Crippen molar-refractivity contribution in [3.8, 4) is 0 Å². The zero-order valence-electron chi connectivity index (χ0n) is 15.1. The third-order valence-electron chi connectivity index (χ3n) is 4.42. The van der Waals surface area contributed by atoms with Crippen molar-refractivity contribution in [3.63, 3.8) is 0 Å². The van der Waals surface area contributed by atoms with Crippen LogP contribution in [0.1, 0.15) is 5.56 Å². The molecule has 0 saturated heterocycles. The zero-order chi connectivity index (χ0) is 20.4. The quantitative estimate of drug-likeness (QED) is 0.386. The van der Waals surface area contributed by atoms with Gasteiger partial charge in [0, 0.05) is 12.6 Å². The summed E-state index contributed by atoms with van der Waals surface area (Å²) in [7, 11) is -4.13. The monoisotopic (exact) mass is 408 g/mol. The van der Waals surface area contributed by atoms with Gasteiger partial charge in [0.05, 0.1) is 28.0 Å². The number of sulfonamides is 1. The van der Waals surface area contributed by atoms with Crippen LogP contribution in [0.4, 0.5) is 11.4 Å². The van der Waals surface area contributed by atoms with Crippen LogP contribution in [0.2, 0.25) is 0 Å². The van der Waals surface area contributed by atoms with Crippen LogP contribution in [0.5, 0.6) is 0 Å². The van der Waals surface area contributed by atoms with Gasteiger partial charge in [0.1, 0.15) is 0 Å². The molecule has 8 nitrogen and oxygen atoms in total. The summed E-state index contributed by atoms with van der Waals surface area (Å²) in [4.78, 5) is 14.4. The highest BCUT2D eigenvalue weighted by Crippen LogP contribution is 2.26. The number of para-hydroxylation sites is 1. The first-order valence-corrected chi connectivity index (χ1v) is 10.2. The first kappa shape index (κ1) is 18.6. The van der Waals surface area contributed by atoms with E-state index in [1.54, 1.807) is 24.5 Å². The Balaban J connectivity index is 1.63. The van der Waals surface area contributed by atoms with E-state index in [0.717, 1.165) is 17.1 Å². The predicted molar refractivity (Wildman–Crippen MR) is 109 cm³/mol. The molecule has 0 fully saturated rings. The summed E-state index contributed by atoms with van der Waals surface area (Å²) in [5.74, 6) is 0. The van der Waals surface area contributed by atoms with Gasteiger partial charge in [0.25, 0.3) is 15.7 Å². The van der Waals surface area contributed by atoms with Crippen molar-refractivity contribution >= 4 is 32.4 Å². The maximum Gasteiger partial charge on any atom is 0.289 e. The van der Waals surface area contributed by atoms with E-state index in [9.17, 15) is 18.5 Å². The summed E-state index contributed by atoms with van der Waals surface area (Å²) in [6.45, 7) is 0.638. The number of benzene rings is 3. The lowest BCUT2D eigenvalue weighted by molar-refractivity contribution is -0.387. The minimum Gasteiger partial charge on any atom is -0.326 e. The van der Waals surface area contributed by atoms with Gasteiger partial charge in [-0.1, -0.05) is 42.5 Å². The summed E-state index contributed by atoms with van der Waals surface area (Å²) in [6.07, 6.45) is 1.69. The highest BCUT2D eigenvalue weighted by Gasteiger charge is 2.25. The van der Waals surface area contributed by atoms with Crippen LogP contribution in [-0.2, 0) is 16.6 Å². The summed E-state index contributed by atoms with van der Waals surface area (Å²) in [5, 5.41) is 11.1. The van der Waals surface area contributed by atoms with Crippen molar-refractivity contribution in [1.29, 1.82) is 0 Å². The number of imidazole rings is 1. The topological polar surface area (TPSA) is 107 Å². The Kier molecular flexibility index (Phi) is 4.73. The standard InChI is InChI=1S/C20H16N4O4S/c25-24(26)19-8-4-5-9-20(19)29(27,28)22-16-10-11-18-17(12-16)21-14-23(18)13-15-6-2-1-3-7-15/h1-12,14,22H,13H2. The molecular formula is C20H16N4O4S. The lowest BCUT2D eigenvalue weighted by Gasteiger charge is -2.09. The SMILES string of the molecule is O=[N+]([O-])c1ccccc1S(=O)(=O)Nc1ccc2c(c1)ncn2Cc1ccccc1. The van der Waals surface area contributed by atoms with Crippen molar-refractivity contribution in [2.24, 2.45) is 0 Å². The Bertz CT molecular complexity index is 1300. The van der Waals surface area contributed by atoms with E-state index in [1.807, 2.05) is 34.9 Å². The van der Waals surface area contributed by atoms with Gasteiger partial charge in [-0.3, -0.25) is 14.8 Å². The molecule has 0 unspecified atom stereocenters. The van der Waals surface area contributed by atoms with Crippen molar-refractivity contribution in [2.75, 3.05) is 4.72 Å². The molecule has 0 bridgehead atoms. The van der Waals surface area contributed by atoms with Gasteiger partial charge in [0.2, 0.25) is 0 Å². The molecule has 0 aliphatic rings. The normalized spacial score (nSPS) is 11.4. The summed E-state index contributed by atoms with van der Waals surface area (Å²) < 4.78 is 29.7. The molecule has 29 heavy (non-hydrogen) atoms. The lowest BCUT2D eigenvalue weighted by Crippen LogP contribution is -2.14. The Labute approximate surface area is 166 Å². The fourth-order valence-electron chi connectivity index (χ4n) is 3.08. The Morgan fingerprint density at radius 3 is 2.48 bits per heavy atom. The van der Waals surface area contributed by atoms with Gasteiger partial charge in [-0.15, -0.1) is 0 Å². The minimum absolute atomic E-state index is 0.278. The predicted octanol–water partition coefficient (Wildman–Crippen LogP) is 3.79. The fourth-order valence-corrected chi connectivity index (χ4v) is 4.30. The van der Waals surface area contributed by atoms with E-state index in [2.05, 4.69) is 9.71 Å². The van der Waals surface area contributed by atoms with Gasteiger partial charge >= 0.3 is 0 Å². The van der Waals surface area contributed by atoms with E-state index in [1.165, 1.54) is 18.2 Å². The fraction of sp³-hybridized carbons (Fsp3) is 0.0500. The average molecular weight is 408 g/mol. The maximum atomic E-state index is 12.7. The van der Waals surface area contributed by atoms with Gasteiger partial charge in [-0.25, -0.2) is 13.4 Å². The van der Waals surface area contributed by atoms with E-state index in [-0.39, 0.29) is 10.6 Å². The zero-order valence-corrected chi connectivity index (χ0v) is 15.9. The van der Waals surface area contributed by atoms with Crippen LogP contribution in [0.15, 0.2) is 84.0 Å². The minimum atomic E-state index is -4.13. The van der Waals surface area contributed by atoms with Gasteiger partial charge < -0.3 is 4.57 Å². The second-order valence-corrected chi connectivity index (χ2v) is 8.04. The molecule has 0 aliphatic carbocycles. The number of hydrogen-bond donors (Lipinski definition) is 1. The molecule has 0 aliphatic heterocycles. The van der Waals surface area contributed by atoms with Crippen LogP contribution in [0, 0.1) is 10.1 Å². The van der Waals surface area contributed by atoms with E-state index in [4.69, 9.17) is 0 Å². The van der Waals surface area contributed by atoms with Crippen molar-refractivity contribution < 1.29 is 13.3 Å². The number of hydrogen-bond acceptors (Lipinski definition) is 5. The van der Waals surface area contributed by atoms with Crippen LogP contribution in [-0.4, -0.2) is 22.9 Å². The second-order valence-electron chi connectivity index (χ2n) is 6.39. The molecule has 0 saturated carbocycles. The first-order valence-electron chi connectivity index (χ1n) is 8.69. The smallest absolute Gasteiger partial charge is 0.289 e. The Hall–Kier alpha value is -3.72. The number of anilines is 1. The van der Waals surface area contributed by atoms with Crippen molar-refractivity contribution in [2.45, 2.75) is 11.4 Å². The van der Waals surface area contributed by atoms with E-state index >= 15 is 0 Å². The van der Waals surface area contributed by atoms with Crippen molar-refractivity contribution in [1.82, 2.24) is 9.55 Å². The summed E-state index contributed by atoms with van der Waals surface area (Å²) in [6, 6.07) is 20.1. The molecule has 0 radical (unpaired) electrons. The molecule has 1 heterocycles. The third-order valence-corrected chi connectivity index (χ3v) is 5.85. The van der Waals surface area contributed by atoms with Gasteiger partial charge in [-0.2, -0.15) is 0 Å². The number of aromatic nitrogens is 2. The van der Waals surface area contributed by atoms with Crippen LogP contribution < -0.4 is 4.72 Å². The largest absolute Gasteiger partial charge is 0.326 e. The molecule has 1 N–H and O–H groups in total. The van der Waals surface area contributed by atoms with Crippen LogP contribution >= 0.6 is 0 Å². The number of fused-ring (bicyclic) bond motifs is 1. The molecule has 146 valence electrons. The Morgan fingerprint density at radius 1 is 1.00 bits per heavy atom. The molecule has 0 amide bonds. The third kappa shape index (κ3) is 3.81.